The first kappa shape index (κ1) is 21.2. The number of sulfonamides is 1. The SMILES string of the molecule is CCOc1ccc(N(C(C)C(=O)NC2CCCc3ccccc32)S(C)(=O)=O)cc1. The van der Waals surface area contributed by atoms with E-state index >= 15 is 0 Å². The summed E-state index contributed by atoms with van der Waals surface area (Å²) in [6.07, 6.45) is 3.95. The second kappa shape index (κ2) is 8.86. The number of carbonyl (C=O) groups excluding carboxylic acids is 1. The Kier molecular flexibility index (Phi) is 6.47. The summed E-state index contributed by atoms with van der Waals surface area (Å²) < 4.78 is 31.6. The van der Waals surface area contributed by atoms with Gasteiger partial charge in [0.05, 0.1) is 24.6 Å². The van der Waals surface area contributed by atoms with Crippen LogP contribution in [0.15, 0.2) is 48.5 Å². The highest BCUT2D eigenvalue weighted by atomic mass is 32.2. The monoisotopic (exact) mass is 416 g/mol. The van der Waals surface area contributed by atoms with Crippen LogP contribution in [0.1, 0.15) is 43.9 Å². The van der Waals surface area contributed by atoms with Crippen molar-refractivity contribution in [1.82, 2.24) is 5.32 Å². The van der Waals surface area contributed by atoms with Gasteiger partial charge in [0.2, 0.25) is 15.9 Å². The van der Waals surface area contributed by atoms with E-state index in [4.69, 9.17) is 4.74 Å². The molecular formula is C22H28N2O4S. The zero-order chi connectivity index (χ0) is 21.0. The highest BCUT2D eigenvalue weighted by Gasteiger charge is 2.31. The Morgan fingerprint density at radius 1 is 1.21 bits per heavy atom. The number of nitrogens with zero attached hydrogens (tertiary/aromatic N) is 1. The van der Waals surface area contributed by atoms with Crippen LogP contribution in [0.25, 0.3) is 0 Å². The summed E-state index contributed by atoms with van der Waals surface area (Å²) in [6.45, 7) is 4.02. The number of ether oxygens (including phenoxy) is 1. The largest absolute Gasteiger partial charge is 0.494 e. The molecule has 0 spiro atoms. The summed E-state index contributed by atoms with van der Waals surface area (Å²) in [5.41, 5.74) is 2.79. The van der Waals surface area contributed by atoms with Crippen molar-refractivity contribution in [1.29, 1.82) is 0 Å². The Balaban J connectivity index is 1.81. The fraction of sp³-hybridized carbons (Fsp3) is 0.409. The summed E-state index contributed by atoms with van der Waals surface area (Å²) in [6, 6.07) is 13.8. The van der Waals surface area contributed by atoms with Crippen molar-refractivity contribution in [2.75, 3.05) is 17.2 Å². The molecule has 0 aromatic heterocycles. The molecule has 0 fully saturated rings. The third kappa shape index (κ3) is 4.90. The number of carbonyl (C=O) groups is 1. The Morgan fingerprint density at radius 2 is 1.90 bits per heavy atom. The van der Waals surface area contributed by atoms with E-state index in [1.54, 1.807) is 31.2 Å². The molecule has 29 heavy (non-hydrogen) atoms. The standard InChI is InChI=1S/C22H28N2O4S/c1-4-28-19-14-12-18(13-15-19)24(29(3,26)27)16(2)22(25)23-21-11-7-9-17-8-5-6-10-20(17)21/h5-6,8,10,12-16,21H,4,7,9,11H2,1-3H3,(H,23,25). The number of aryl methyl sites for hydroxylation is 1. The Hall–Kier alpha value is -2.54. The van der Waals surface area contributed by atoms with E-state index < -0.39 is 16.1 Å². The van der Waals surface area contributed by atoms with E-state index in [0.29, 0.717) is 18.0 Å². The number of benzene rings is 2. The second-order valence-corrected chi connectivity index (χ2v) is 9.17. The zero-order valence-corrected chi connectivity index (χ0v) is 17.9. The molecule has 0 saturated carbocycles. The first-order chi connectivity index (χ1) is 13.8. The van der Waals surface area contributed by atoms with Crippen LogP contribution < -0.4 is 14.4 Å². The number of anilines is 1. The Morgan fingerprint density at radius 3 is 2.55 bits per heavy atom. The maximum absolute atomic E-state index is 13.0. The third-order valence-electron chi connectivity index (χ3n) is 5.18. The fourth-order valence-corrected chi connectivity index (χ4v) is 5.04. The van der Waals surface area contributed by atoms with Gasteiger partial charge in [-0.25, -0.2) is 8.42 Å². The molecule has 2 aromatic carbocycles. The molecule has 2 aromatic rings. The molecule has 0 heterocycles. The van der Waals surface area contributed by atoms with Gasteiger partial charge >= 0.3 is 0 Å². The van der Waals surface area contributed by atoms with Crippen molar-refractivity contribution in [2.24, 2.45) is 0 Å². The minimum absolute atomic E-state index is 0.100. The van der Waals surface area contributed by atoms with Crippen molar-refractivity contribution < 1.29 is 17.9 Å². The van der Waals surface area contributed by atoms with Crippen LogP contribution in [0.4, 0.5) is 5.69 Å². The average Bonchev–Trinajstić information content (AvgIpc) is 2.69. The lowest BCUT2D eigenvalue weighted by molar-refractivity contribution is -0.122. The zero-order valence-electron chi connectivity index (χ0n) is 17.1. The number of amides is 1. The van der Waals surface area contributed by atoms with Gasteiger partial charge in [-0.1, -0.05) is 24.3 Å². The van der Waals surface area contributed by atoms with Gasteiger partial charge in [-0.2, -0.15) is 0 Å². The molecule has 2 atom stereocenters. The molecule has 6 nitrogen and oxygen atoms in total. The molecular weight excluding hydrogens is 388 g/mol. The number of hydrogen-bond donors (Lipinski definition) is 1. The minimum atomic E-state index is -3.66. The molecule has 1 aliphatic carbocycles. The van der Waals surface area contributed by atoms with Gasteiger partial charge in [-0.3, -0.25) is 9.10 Å². The Labute approximate surface area is 172 Å². The maximum Gasteiger partial charge on any atom is 0.244 e. The molecule has 0 saturated heterocycles. The van der Waals surface area contributed by atoms with Gasteiger partial charge in [0, 0.05) is 0 Å². The van der Waals surface area contributed by atoms with Crippen LogP contribution in [-0.4, -0.2) is 33.2 Å². The lowest BCUT2D eigenvalue weighted by atomic mass is 9.87. The predicted molar refractivity (Wildman–Crippen MR) is 115 cm³/mol. The van der Waals surface area contributed by atoms with Gasteiger partial charge in [0.1, 0.15) is 11.8 Å². The molecule has 7 heteroatoms. The summed E-state index contributed by atoms with van der Waals surface area (Å²) >= 11 is 0. The van der Waals surface area contributed by atoms with Crippen LogP contribution in [0, 0.1) is 0 Å². The van der Waals surface area contributed by atoms with E-state index in [1.165, 1.54) is 5.56 Å². The fourth-order valence-electron chi connectivity index (χ4n) is 3.86. The average molecular weight is 417 g/mol. The first-order valence-electron chi connectivity index (χ1n) is 9.91. The van der Waals surface area contributed by atoms with E-state index in [0.717, 1.165) is 35.4 Å². The third-order valence-corrected chi connectivity index (χ3v) is 6.42. The van der Waals surface area contributed by atoms with Gasteiger partial charge in [0.25, 0.3) is 0 Å². The van der Waals surface area contributed by atoms with Crippen LogP contribution in [0.5, 0.6) is 5.75 Å². The van der Waals surface area contributed by atoms with E-state index in [-0.39, 0.29) is 11.9 Å². The number of fused-ring (bicyclic) bond motifs is 1. The van der Waals surface area contributed by atoms with E-state index in [1.807, 2.05) is 25.1 Å². The number of hydrogen-bond acceptors (Lipinski definition) is 4. The predicted octanol–water partition coefficient (Wildman–Crippen LogP) is 3.43. The van der Waals surface area contributed by atoms with Gasteiger partial charge in [0.15, 0.2) is 0 Å². The van der Waals surface area contributed by atoms with Crippen molar-refractivity contribution in [3.05, 3.63) is 59.7 Å². The van der Waals surface area contributed by atoms with Crippen LogP contribution in [-0.2, 0) is 21.2 Å². The van der Waals surface area contributed by atoms with Crippen LogP contribution >= 0.6 is 0 Å². The van der Waals surface area contributed by atoms with Crippen molar-refractivity contribution in [3.8, 4) is 5.75 Å². The minimum Gasteiger partial charge on any atom is -0.494 e. The van der Waals surface area contributed by atoms with Crippen molar-refractivity contribution in [2.45, 2.75) is 45.2 Å². The lowest BCUT2D eigenvalue weighted by Gasteiger charge is -2.31. The molecule has 3 rings (SSSR count). The molecule has 156 valence electrons. The van der Waals surface area contributed by atoms with Gasteiger partial charge in [-0.15, -0.1) is 0 Å². The second-order valence-electron chi connectivity index (χ2n) is 7.31. The highest BCUT2D eigenvalue weighted by Crippen LogP contribution is 2.30. The molecule has 0 aliphatic heterocycles. The summed E-state index contributed by atoms with van der Waals surface area (Å²) in [5, 5.41) is 3.06. The van der Waals surface area contributed by atoms with Crippen molar-refractivity contribution >= 4 is 21.6 Å². The van der Waals surface area contributed by atoms with Crippen LogP contribution in [0.3, 0.4) is 0 Å². The molecule has 1 aliphatic rings. The molecule has 1 amide bonds. The van der Waals surface area contributed by atoms with Gasteiger partial charge < -0.3 is 10.1 Å². The first-order valence-corrected chi connectivity index (χ1v) is 11.8. The van der Waals surface area contributed by atoms with E-state index in [2.05, 4.69) is 11.4 Å². The topological polar surface area (TPSA) is 75.7 Å². The number of nitrogens with one attached hydrogen (secondary N) is 1. The maximum atomic E-state index is 13.0. The summed E-state index contributed by atoms with van der Waals surface area (Å²) in [4.78, 5) is 13.0. The smallest absolute Gasteiger partial charge is 0.244 e. The summed E-state index contributed by atoms with van der Waals surface area (Å²) in [7, 11) is -3.66. The molecule has 0 bridgehead atoms. The van der Waals surface area contributed by atoms with Gasteiger partial charge in [-0.05, 0) is 68.5 Å². The molecule has 2 unspecified atom stereocenters. The van der Waals surface area contributed by atoms with Crippen molar-refractivity contribution in [3.63, 3.8) is 0 Å². The summed E-state index contributed by atoms with van der Waals surface area (Å²) in [5.74, 6) is 0.339. The lowest BCUT2D eigenvalue weighted by Crippen LogP contribution is -2.49. The molecule has 0 radical (unpaired) electrons. The quantitative estimate of drug-likeness (QED) is 0.750. The highest BCUT2D eigenvalue weighted by molar-refractivity contribution is 7.92. The normalized spacial score (nSPS) is 17.1. The van der Waals surface area contributed by atoms with Crippen LogP contribution in [0.2, 0.25) is 0 Å². The number of rotatable bonds is 7. The molecule has 1 N–H and O–H groups in total. The van der Waals surface area contributed by atoms with E-state index in [9.17, 15) is 13.2 Å². The Bertz CT molecular complexity index is 957.